The van der Waals surface area contributed by atoms with Crippen LogP contribution in [0.1, 0.15) is 25.8 Å². The zero-order valence-electron chi connectivity index (χ0n) is 12.5. The number of fused-ring (bicyclic) bond motifs is 1. The topological polar surface area (TPSA) is 65.5 Å². The van der Waals surface area contributed by atoms with E-state index in [0.29, 0.717) is 13.1 Å². The number of hydrogen-bond donors (Lipinski definition) is 2. The molecule has 0 radical (unpaired) electrons. The van der Waals surface area contributed by atoms with Gasteiger partial charge in [0.1, 0.15) is 5.01 Å². The van der Waals surface area contributed by atoms with Gasteiger partial charge in [-0.3, -0.25) is 0 Å². The SMILES string of the molecule is CC(O)CN(C(=O)NCc1nc2ccccc2s1)C(C)C. The number of aliphatic hydroxyl groups excluding tert-OH is 1. The van der Waals surface area contributed by atoms with Crippen LogP contribution in [0.5, 0.6) is 0 Å². The van der Waals surface area contributed by atoms with E-state index in [-0.39, 0.29) is 12.1 Å². The maximum Gasteiger partial charge on any atom is 0.318 e. The summed E-state index contributed by atoms with van der Waals surface area (Å²) >= 11 is 1.58. The Kier molecular flexibility index (Phi) is 5.14. The van der Waals surface area contributed by atoms with E-state index in [4.69, 9.17) is 0 Å². The quantitative estimate of drug-likeness (QED) is 0.892. The Bertz CT molecular complexity index is 577. The third kappa shape index (κ3) is 4.15. The second-order valence-corrected chi connectivity index (χ2v) is 6.44. The summed E-state index contributed by atoms with van der Waals surface area (Å²) < 4.78 is 1.12. The molecule has 2 amide bonds. The highest BCUT2D eigenvalue weighted by Gasteiger charge is 2.18. The van der Waals surface area contributed by atoms with E-state index in [1.165, 1.54) is 0 Å². The Morgan fingerprint density at radius 2 is 2.10 bits per heavy atom. The Hall–Kier alpha value is -1.66. The van der Waals surface area contributed by atoms with Crippen molar-refractivity contribution in [2.45, 2.75) is 39.5 Å². The van der Waals surface area contributed by atoms with Crippen LogP contribution in [0.3, 0.4) is 0 Å². The Balaban J connectivity index is 1.98. The molecule has 0 aliphatic carbocycles. The van der Waals surface area contributed by atoms with Gasteiger partial charge in [0.25, 0.3) is 0 Å². The smallest absolute Gasteiger partial charge is 0.318 e. The first kappa shape index (κ1) is 15.7. The Morgan fingerprint density at radius 3 is 2.71 bits per heavy atom. The van der Waals surface area contributed by atoms with Crippen molar-refractivity contribution >= 4 is 27.6 Å². The molecule has 1 atom stereocenters. The fraction of sp³-hybridized carbons (Fsp3) is 0.467. The molecule has 2 rings (SSSR count). The Labute approximate surface area is 128 Å². The Morgan fingerprint density at radius 1 is 1.38 bits per heavy atom. The number of nitrogens with one attached hydrogen (secondary N) is 1. The van der Waals surface area contributed by atoms with Gasteiger partial charge in [-0.15, -0.1) is 11.3 Å². The summed E-state index contributed by atoms with van der Waals surface area (Å²) in [6.07, 6.45) is -0.541. The first-order valence-corrected chi connectivity index (χ1v) is 7.86. The zero-order valence-corrected chi connectivity index (χ0v) is 13.4. The fourth-order valence-corrected chi connectivity index (χ4v) is 2.97. The number of aromatic nitrogens is 1. The van der Waals surface area contributed by atoms with Gasteiger partial charge in [-0.05, 0) is 32.9 Å². The lowest BCUT2D eigenvalue weighted by Crippen LogP contribution is -2.46. The molecule has 1 aromatic heterocycles. The van der Waals surface area contributed by atoms with Gasteiger partial charge < -0.3 is 15.3 Å². The average molecular weight is 307 g/mol. The van der Waals surface area contributed by atoms with E-state index in [1.807, 2.05) is 38.1 Å². The molecule has 1 unspecified atom stereocenters. The van der Waals surface area contributed by atoms with Gasteiger partial charge in [-0.1, -0.05) is 12.1 Å². The zero-order chi connectivity index (χ0) is 15.4. The van der Waals surface area contributed by atoms with Crippen LogP contribution >= 0.6 is 11.3 Å². The number of amides is 2. The van der Waals surface area contributed by atoms with E-state index in [1.54, 1.807) is 23.2 Å². The van der Waals surface area contributed by atoms with E-state index < -0.39 is 6.10 Å². The second kappa shape index (κ2) is 6.87. The predicted molar refractivity (Wildman–Crippen MR) is 85.4 cm³/mol. The van der Waals surface area contributed by atoms with Crippen molar-refractivity contribution in [1.82, 2.24) is 15.2 Å². The van der Waals surface area contributed by atoms with Crippen molar-refractivity contribution in [3.8, 4) is 0 Å². The van der Waals surface area contributed by atoms with Crippen LogP contribution in [0.2, 0.25) is 0 Å². The second-order valence-electron chi connectivity index (χ2n) is 5.33. The molecule has 2 N–H and O–H groups in total. The van der Waals surface area contributed by atoms with Crippen LogP contribution in [0.25, 0.3) is 10.2 Å². The first-order valence-electron chi connectivity index (χ1n) is 7.04. The summed E-state index contributed by atoms with van der Waals surface area (Å²) in [5.74, 6) is 0. The monoisotopic (exact) mass is 307 g/mol. The lowest BCUT2D eigenvalue weighted by atomic mass is 10.3. The maximum atomic E-state index is 12.2. The van der Waals surface area contributed by atoms with Gasteiger partial charge in [0.05, 0.1) is 22.9 Å². The summed E-state index contributed by atoms with van der Waals surface area (Å²) in [6.45, 7) is 6.26. The summed E-state index contributed by atoms with van der Waals surface area (Å²) in [7, 11) is 0. The molecule has 0 fully saturated rings. The van der Waals surface area contributed by atoms with Crippen LogP contribution in [-0.4, -0.2) is 39.7 Å². The molecule has 0 spiro atoms. The normalized spacial score (nSPS) is 12.6. The summed E-state index contributed by atoms with van der Waals surface area (Å²) in [6, 6.07) is 7.77. The van der Waals surface area contributed by atoms with Crippen LogP contribution in [0.4, 0.5) is 4.79 Å². The highest BCUT2D eigenvalue weighted by molar-refractivity contribution is 7.18. The molecule has 1 heterocycles. The summed E-state index contributed by atoms with van der Waals surface area (Å²) in [4.78, 5) is 18.3. The molecule has 0 aliphatic rings. The standard InChI is InChI=1S/C15H21N3O2S/c1-10(2)18(9-11(3)19)15(20)16-8-14-17-12-6-4-5-7-13(12)21-14/h4-7,10-11,19H,8-9H2,1-3H3,(H,16,20). The number of thiazole rings is 1. The van der Waals surface area contributed by atoms with Gasteiger partial charge in [0.2, 0.25) is 0 Å². The number of nitrogens with zero attached hydrogens (tertiary/aromatic N) is 2. The number of carbonyl (C=O) groups is 1. The first-order chi connectivity index (χ1) is 9.97. The molecule has 0 saturated carbocycles. The number of aliphatic hydroxyl groups is 1. The van der Waals surface area contributed by atoms with Crippen molar-refractivity contribution in [1.29, 1.82) is 0 Å². The molecule has 0 saturated heterocycles. The molecule has 1 aromatic carbocycles. The van der Waals surface area contributed by atoms with Crippen LogP contribution in [-0.2, 0) is 6.54 Å². The third-order valence-corrected chi connectivity index (χ3v) is 4.11. The van der Waals surface area contributed by atoms with Gasteiger partial charge in [0, 0.05) is 12.6 Å². The molecule has 0 aliphatic heterocycles. The van der Waals surface area contributed by atoms with E-state index in [9.17, 15) is 9.90 Å². The molecule has 21 heavy (non-hydrogen) atoms. The van der Waals surface area contributed by atoms with Crippen molar-refractivity contribution in [2.75, 3.05) is 6.54 Å². The average Bonchev–Trinajstić information content (AvgIpc) is 2.84. The molecule has 5 nitrogen and oxygen atoms in total. The number of hydrogen-bond acceptors (Lipinski definition) is 4. The lowest BCUT2D eigenvalue weighted by molar-refractivity contribution is 0.118. The van der Waals surface area contributed by atoms with Gasteiger partial charge in [-0.25, -0.2) is 9.78 Å². The maximum absolute atomic E-state index is 12.2. The van der Waals surface area contributed by atoms with Crippen molar-refractivity contribution in [3.05, 3.63) is 29.3 Å². The number of urea groups is 1. The van der Waals surface area contributed by atoms with Gasteiger partial charge >= 0.3 is 6.03 Å². The predicted octanol–water partition coefficient (Wildman–Crippen LogP) is 2.60. The molecule has 2 aromatic rings. The van der Waals surface area contributed by atoms with Crippen molar-refractivity contribution in [2.24, 2.45) is 0 Å². The minimum absolute atomic E-state index is 0.0370. The van der Waals surface area contributed by atoms with Crippen molar-refractivity contribution in [3.63, 3.8) is 0 Å². The van der Waals surface area contributed by atoms with Crippen molar-refractivity contribution < 1.29 is 9.90 Å². The van der Waals surface area contributed by atoms with E-state index >= 15 is 0 Å². The van der Waals surface area contributed by atoms with Gasteiger partial charge in [-0.2, -0.15) is 0 Å². The minimum Gasteiger partial charge on any atom is -0.392 e. The van der Waals surface area contributed by atoms with E-state index in [2.05, 4.69) is 10.3 Å². The highest BCUT2D eigenvalue weighted by Crippen LogP contribution is 2.21. The summed E-state index contributed by atoms with van der Waals surface area (Å²) in [5, 5.41) is 13.2. The number of para-hydroxylation sites is 1. The third-order valence-electron chi connectivity index (χ3n) is 3.07. The minimum atomic E-state index is -0.541. The molecule has 6 heteroatoms. The molecular weight excluding hydrogens is 286 g/mol. The van der Waals surface area contributed by atoms with Crippen LogP contribution in [0, 0.1) is 0 Å². The largest absolute Gasteiger partial charge is 0.392 e. The number of carbonyl (C=O) groups excluding carboxylic acids is 1. The molecular formula is C15H21N3O2S. The van der Waals surface area contributed by atoms with E-state index in [0.717, 1.165) is 15.2 Å². The van der Waals surface area contributed by atoms with Crippen LogP contribution in [0.15, 0.2) is 24.3 Å². The number of rotatable bonds is 5. The lowest BCUT2D eigenvalue weighted by Gasteiger charge is -2.27. The van der Waals surface area contributed by atoms with Gasteiger partial charge in [0.15, 0.2) is 0 Å². The summed E-state index contributed by atoms with van der Waals surface area (Å²) in [5.41, 5.74) is 0.955. The molecule has 0 bridgehead atoms. The highest BCUT2D eigenvalue weighted by atomic mass is 32.1. The fourth-order valence-electron chi connectivity index (χ4n) is 2.06. The number of benzene rings is 1. The molecule has 114 valence electrons. The van der Waals surface area contributed by atoms with Crippen LogP contribution < -0.4 is 5.32 Å².